The third-order valence-electron chi connectivity index (χ3n) is 3.02. The van der Waals surface area contributed by atoms with Gasteiger partial charge in [0.05, 0.1) is 20.2 Å². The van der Waals surface area contributed by atoms with Crippen molar-refractivity contribution in [3.8, 4) is 5.75 Å². The molecular weight excluding hydrogens is 280 g/mol. The molecule has 6 heteroatoms. The summed E-state index contributed by atoms with van der Waals surface area (Å²) in [5.41, 5.74) is 2.19. The first-order valence-corrected chi connectivity index (χ1v) is 7.33. The van der Waals surface area contributed by atoms with Gasteiger partial charge in [-0.25, -0.2) is 4.99 Å². The van der Waals surface area contributed by atoms with Crippen molar-refractivity contribution in [3.63, 3.8) is 0 Å². The predicted molar refractivity (Wildman–Crippen MR) is 89.2 cm³/mol. The topological polar surface area (TPSA) is 66.0 Å². The number of rotatable bonds is 6. The van der Waals surface area contributed by atoms with Crippen LogP contribution in [-0.4, -0.2) is 51.1 Å². The predicted octanol–water partition coefficient (Wildman–Crippen LogP) is 1.15. The molecule has 1 aromatic carbocycles. The van der Waals surface area contributed by atoms with E-state index in [-0.39, 0.29) is 12.5 Å². The van der Waals surface area contributed by atoms with Crippen LogP contribution in [-0.2, 0) is 11.3 Å². The molecular formula is C16H26N4O2. The van der Waals surface area contributed by atoms with Crippen molar-refractivity contribution in [1.29, 1.82) is 0 Å². The van der Waals surface area contributed by atoms with Gasteiger partial charge < -0.3 is 20.3 Å². The van der Waals surface area contributed by atoms with Gasteiger partial charge in [0.2, 0.25) is 5.91 Å². The minimum atomic E-state index is 0.00262. The van der Waals surface area contributed by atoms with Gasteiger partial charge in [-0.2, -0.15) is 0 Å². The number of hydrogen-bond donors (Lipinski definition) is 2. The van der Waals surface area contributed by atoms with Gasteiger partial charge in [0.25, 0.3) is 0 Å². The largest absolute Gasteiger partial charge is 0.497 e. The number of guanidine groups is 1. The van der Waals surface area contributed by atoms with Crippen molar-refractivity contribution >= 4 is 11.9 Å². The number of carbonyl (C=O) groups is 1. The van der Waals surface area contributed by atoms with Crippen molar-refractivity contribution in [3.05, 3.63) is 29.3 Å². The van der Waals surface area contributed by atoms with Gasteiger partial charge in [0.1, 0.15) is 5.75 Å². The van der Waals surface area contributed by atoms with Crippen LogP contribution in [0.2, 0.25) is 0 Å². The number of aliphatic imine (C=N–C) groups is 1. The molecule has 0 saturated carbocycles. The fraction of sp³-hybridized carbons (Fsp3) is 0.500. The number of nitrogens with one attached hydrogen (secondary N) is 2. The Morgan fingerprint density at radius 1 is 1.27 bits per heavy atom. The van der Waals surface area contributed by atoms with Crippen LogP contribution in [0.4, 0.5) is 0 Å². The van der Waals surface area contributed by atoms with E-state index in [9.17, 15) is 4.79 Å². The van der Waals surface area contributed by atoms with Crippen LogP contribution in [0.1, 0.15) is 18.1 Å². The van der Waals surface area contributed by atoms with E-state index in [1.165, 1.54) is 0 Å². The molecule has 0 spiro atoms. The average molecular weight is 306 g/mol. The molecule has 1 aromatic rings. The standard InChI is InChI=1S/C16H26N4O2/c1-6-17-16(19-11-15(21)20(3)4)18-10-13-7-12(2)8-14(9-13)22-5/h7-9H,6,10-11H2,1-5H3,(H2,17,18,19). The molecule has 0 unspecified atom stereocenters. The highest BCUT2D eigenvalue weighted by Gasteiger charge is 2.05. The highest BCUT2D eigenvalue weighted by molar-refractivity contribution is 5.86. The number of amides is 1. The second kappa shape index (κ2) is 8.92. The van der Waals surface area contributed by atoms with E-state index in [4.69, 9.17) is 4.74 Å². The highest BCUT2D eigenvalue weighted by atomic mass is 16.5. The fourth-order valence-electron chi connectivity index (χ4n) is 1.86. The molecule has 0 saturated heterocycles. The number of benzene rings is 1. The van der Waals surface area contributed by atoms with Gasteiger partial charge in [0.15, 0.2) is 5.96 Å². The van der Waals surface area contributed by atoms with E-state index >= 15 is 0 Å². The maximum atomic E-state index is 11.6. The zero-order valence-electron chi connectivity index (χ0n) is 14.1. The molecule has 122 valence electrons. The Bertz CT molecular complexity index is 527. The quantitative estimate of drug-likeness (QED) is 0.611. The molecule has 0 bridgehead atoms. The molecule has 22 heavy (non-hydrogen) atoms. The fourth-order valence-corrected chi connectivity index (χ4v) is 1.86. The molecule has 0 heterocycles. The third-order valence-corrected chi connectivity index (χ3v) is 3.02. The molecule has 0 aliphatic heterocycles. The molecule has 0 fully saturated rings. The van der Waals surface area contributed by atoms with Crippen molar-refractivity contribution in [2.45, 2.75) is 20.4 Å². The number of ether oxygens (including phenoxy) is 1. The Morgan fingerprint density at radius 2 is 2.00 bits per heavy atom. The monoisotopic (exact) mass is 306 g/mol. The van der Waals surface area contributed by atoms with Crippen LogP contribution < -0.4 is 15.4 Å². The first kappa shape index (κ1) is 17.8. The zero-order valence-corrected chi connectivity index (χ0v) is 14.1. The van der Waals surface area contributed by atoms with E-state index in [1.807, 2.05) is 26.0 Å². The summed E-state index contributed by atoms with van der Waals surface area (Å²) in [5, 5.41) is 6.16. The molecule has 0 aliphatic rings. The smallest absolute Gasteiger partial charge is 0.241 e. The summed E-state index contributed by atoms with van der Waals surface area (Å²) in [7, 11) is 5.11. The number of nitrogens with zero attached hydrogens (tertiary/aromatic N) is 2. The first-order valence-electron chi connectivity index (χ1n) is 7.33. The Kier molecular flexibility index (Phi) is 7.22. The van der Waals surface area contributed by atoms with Crippen LogP contribution >= 0.6 is 0 Å². The Balaban J connectivity index is 2.73. The summed E-state index contributed by atoms with van der Waals surface area (Å²) in [5.74, 6) is 1.45. The molecule has 0 radical (unpaired) electrons. The minimum absolute atomic E-state index is 0.00262. The van der Waals surface area contributed by atoms with Crippen LogP contribution in [0.15, 0.2) is 23.2 Å². The van der Waals surface area contributed by atoms with E-state index in [1.54, 1.807) is 26.1 Å². The van der Waals surface area contributed by atoms with Crippen molar-refractivity contribution in [2.75, 3.05) is 34.3 Å². The van der Waals surface area contributed by atoms with Crippen molar-refractivity contribution < 1.29 is 9.53 Å². The van der Waals surface area contributed by atoms with E-state index in [0.717, 1.165) is 23.4 Å². The number of likely N-dealkylation sites (N-methyl/N-ethyl adjacent to an activating group) is 1. The van der Waals surface area contributed by atoms with Crippen molar-refractivity contribution in [2.24, 2.45) is 4.99 Å². The first-order chi connectivity index (χ1) is 10.5. The second-order valence-electron chi connectivity index (χ2n) is 5.20. The Labute approximate surface area is 132 Å². The Morgan fingerprint density at radius 3 is 2.59 bits per heavy atom. The van der Waals surface area contributed by atoms with E-state index in [2.05, 4.69) is 21.7 Å². The van der Waals surface area contributed by atoms with Gasteiger partial charge in [-0.1, -0.05) is 6.07 Å². The summed E-state index contributed by atoms with van der Waals surface area (Å²) < 4.78 is 5.27. The van der Waals surface area contributed by atoms with Crippen LogP contribution in [0.3, 0.4) is 0 Å². The number of aryl methyl sites for hydroxylation is 1. The normalized spacial score (nSPS) is 11.0. The molecule has 2 N–H and O–H groups in total. The van der Waals surface area contributed by atoms with Gasteiger partial charge in [-0.3, -0.25) is 4.79 Å². The molecule has 6 nitrogen and oxygen atoms in total. The van der Waals surface area contributed by atoms with Crippen molar-refractivity contribution in [1.82, 2.24) is 15.5 Å². The zero-order chi connectivity index (χ0) is 16.5. The summed E-state index contributed by atoms with van der Waals surface area (Å²) in [6.45, 7) is 5.48. The lowest BCUT2D eigenvalue weighted by molar-refractivity contribution is -0.127. The maximum Gasteiger partial charge on any atom is 0.241 e. The molecule has 0 aliphatic carbocycles. The number of methoxy groups -OCH3 is 1. The summed E-state index contributed by atoms with van der Waals surface area (Å²) >= 11 is 0. The van der Waals surface area contributed by atoms with Gasteiger partial charge in [-0.05, 0) is 37.1 Å². The maximum absolute atomic E-state index is 11.6. The minimum Gasteiger partial charge on any atom is -0.497 e. The lowest BCUT2D eigenvalue weighted by Crippen LogP contribution is -2.42. The summed E-state index contributed by atoms with van der Waals surface area (Å²) in [6, 6.07) is 6.01. The highest BCUT2D eigenvalue weighted by Crippen LogP contribution is 2.16. The van der Waals surface area contributed by atoms with Gasteiger partial charge >= 0.3 is 0 Å². The van der Waals surface area contributed by atoms with Crippen LogP contribution in [0, 0.1) is 6.92 Å². The summed E-state index contributed by atoms with van der Waals surface area (Å²) in [4.78, 5) is 17.7. The van der Waals surface area contributed by atoms with Gasteiger partial charge in [-0.15, -0.1) is 0 Å². The number of hydrogen-bond acceptors (Lipinski definition) is 3. The average Bonchev–Trinajstić information content (AvgIpc) is 2.48. The Hall–Kier alpha value is -2.24. The second-order valence-corrected chi connectivity index (χ2v) is 5.20. The molecule has 1 rings (SSSR count). The molecule has 0 aromatic heterocycles. The van der Waals surface area contributed by atoms with Crippen LogP contribution in [0.5, 0.6) is 5.75 Å². The van der Waals surface area contributed by atoms with Crippen LogP contribution in [0.25, 0.3) is 0 Å². The molecule has 1 amide bonds. The van der Waals surface area contributed by atoms with Gasteiger partial charge in [0, 0.05) is 20.6 Å². The lowest BCUT2D eigenvalue weighted by Gasteiger charge is -2.14. The van der Waals surface area contributed by atoms with E-state index in [0.29, 0.717) is 12.5 Å². The summed E-state index contributed by atoms with van der Waals surface area (Å²) in [6.07, 6.45) is 0. The number of carbonyl (C=O) groups excluding carboxylic acids is 1. The molecule has 0 atom stereocenters. The lowest BCUT2D eigenvalue weighted by atomic mass is 10.1. The third kappa shape index (κ3) is 6.03. The van der Waals surface area contributed by atoms with E-state index < -0.39 is 0 Å². The SMILES string of the molecule is CCNC(=NCc1cc(C)cc(OC)c1)NCC(=O)N(C)C.